The number of nitrogens with zero attached hydrogens (tertiary/aromatic N) is 3. The quantitative estimate of drug-likeness (QED) is 0.674. The van der Waals surface area contributed by atoms with Crippen molar-refractivity contribution in [3.63, 3.8) is 0 Å². The number of non-ortho nitro benzene ring substituents is 1. The fraction of sp³-hybridized carbons (Fsp3) is 0.353. The number of hydrogen-bond donors (Lipinski definition) is 1. The summed E-state index contributed by atoms with van der Waals surface area (Å²) < 4.78 is 0. The van der Waals surface area contributed by atoms with Gasteiger partial charge in [-0.2, -0.15) is 0 Å². The maximum absolute atomic E-state index is 11.4. The average molecular weight is 329 g/mol. The standard InChI is InChI=1S/C17H19N3O4/c1-11-9-18(10-12(2)19(11)17(21)22)15-7-8-16(20(23)24)14-6-4-3-5-13(14)15/h3-8,11-12H,9-10H2,1-2H3,(H,21,22)/t11-,12+. The molecule has 0 radical (unpaired) electrons. The van der Waals surface area contributed by atoms with Crippen molar-refractivity contribution in [2.45, 2.75) is 25.9 Å². The van der Waals surface area contributed by atoms with Crippen molar-refractivity contribution in [2.75, 3.05) is 18.0 Å². The lowest BCUT2D eigenvalue weighted by molar-refractivity contribution is -0.383. The summed E-state index contributed by atoms with van der Waals surface area (Å²) >= 11 is 0. The molecule has 0 aromatic heterocycles. The first kappa shape index (κ1) is 16.0. The predicted octanol–water partition coefficient (Wildman–Crippen LogP) is 3.33. The van der Waals surface area contributed by atoms with Crippen molar-refractivity contribution in [3.8, 4) is 0 Å². The summed E-state index contributed by atoms with van der Waals surface area (Å²) in [7, 11) is 0. The van der Waals surface area contributed by atoms with Crippen molar-refractivity contribution >= 4 is 28.2 Å². The summed E-state index contributed by atoms with van der Waals surface area (Å²) in [5, 5.41) is 22.0. The number of anilines is 1. The van der Waals surface area contributed by atoms with E-state index in [9.17, 15) is 20.0 Å². The van der Waals surface area contributed by atoms with E-state index < -0.39 is 6.09 Å². The van der Waals surface area contributed by atoms with Crippen LogP contribution in [0, 0.1) is 10.1 Å². The van der Waals surface area contributed by atoms with Gasteiger partial charge in [0.2, 0.25) is 0 Å². The van der Waals surface area contributed by atoms with Crippen LogP contribution < -0.4 is 4.90 Å². The number of rotatable bonds is 2. The molecule has 1 aliphatic heterocycles. The lowest BCUT2D eigenvalue weighted by Gasteiger charge is -2.44. The molecule has 1 fully saturated rings. The summed E-state index contributed by atoms with van der Waals surface area (Å²) in [4.78, 5) is 25.8. The highest BCUT2D eigenvalue weighted by atomic mass is 16.6. The Morgan fingerprint density at radius 1 is 1.12 bits per heavy atom. The van der Waals surface area contributed by atoms with Gasteiger partial charge in [-0.15, -0.1) is 0 Å². The van der Waals surface area contributed by atoms with Crippen LogP contribution in [0.5, 0.6) is 0 Å². The zero-order valence-corrected chi connectivity index (χ0v) is 13.5. The Bertz CT molecular complexity index is 796. The van der Waals surface area contributed by atoms with Crippen molar-refractivity contribution in [1.82, 2.24) is 4.90 Å². The largest absolute Gasteiger partial charge is 0.465 e. The van der Waals surface area contributed by atoms with Gasteiger partial charge in [-0.1, -0.05) is 18.2 Å². The van der Waals surface area contributed by atoms with Gasteiger partial charge < -0.3 is 10.0 Å². The molecule has 3 rings (SSSR count). The molecule has 7 heteroatoms. The van der Waals surface area contributed by atoms with Crippen LogP contribution >= 0.6 is 0 Å². The summed E-state index contributed by atoms with van der Waals surface area (Å²) in [6.07, 6.45) is -0.914. The number of carboxylic acid groups (broad SMARTS) is 1. The van der Waals surface area contributed by atoms with Crippen LogP contribution in [-0.4, -0.2) is 46.2 Å². The number of piperazine rings is 1. The Morgan fingerprint density at radius 2 is 1.71 bits per heavy atom. The van der Waals surface area contributed by atoms with Crippen LogP contribution in [0.3, 0.4) is 0 Å². The third kappa shape index (κ3) is 2.62. The summed E-state index contributed by atoms with van der Waals surface area (Å²) in [5.74, 6) is 0. The molecule has 1 saturated heterocycles. The molecule has 7 nitrogen and oxygen atoms in total. The van der Waals surface area contributed by atoms with Gasteiger partial charge in [-0.25, -0.2) is 4.79 Å². The van der Waals surface area contributed by atoms with E-state index in [0.29, 0.717) is 18.5 Å². The number of fused-ring (bicyclic) bond motifs is 1. The van der Waals surface area contributed by atoms with Gasteiger partial charge in [0.1, 0.15) is 0 Å². The Kier molecular flexibility index (Phi) is 4.01. The van der Waals surface area contributed by atoms with E-state index in [0.717, 1.165) is 11.1 Å². The molecule has 0 aliphatic carbocycles. The van der Waals surface area contributed by atoms with Crippen LogP contribution in [0.15, 0.2) is 36.4 Å². The Balaban J connectivity index is 2.04. The lowest BCUT2D eigenvalue weighted by Crippen LogP contribution is -2.58. The number of amides is 1. The SMILES string of the molecule is C[C@@H]1CN(c2ccc([N+](=O)[O-])c3ccccc23)C[C@H](C)N1C(=O)O. The van der Waals surface area contributed by atoms with E-state index in [4.69, 9.17) is 0 Å². The molecule has 1 amide bonds. The van der Waals surface area contributed by atoms with E-state index in [1.807, 2.05) is 26.0 Å². The van der Waals surface area contributed by atoms with E-state index in [1.165, 1.54) is 11.0 Å². The van der Waals surface area contributed by atoms with Gasteiger partial charge in [0, 0.05) is 30.2 Å². The van der Waals surface area contributed by atoms with Crippen LogP contribution in [0.2, 0.25) is 0 Å². The van der Waals surface area contributed by atoms with Gasteiger partial charge in [-0.3, -0.25) is 15.0 Å². The Labute approximate surface area is 139 Å². The van der Waals surface area contributed by atoms with Crippen molar-refractivity contribution in [2.24, 2.45) is 0 Å². The number of nitro benzene ring substituents is 1. The minimum absolute atomic E-state index is 0.0830. The fourth-order valence-corrected chi connectivity index (χ4v) is 3.60. The van der Waals surface area contributed by atoms with E-state index in [-0.39, 0.29) is 22.7 Å². The summed E-state index contributed by atoms with van der Waals surface area (Å²) in [6.45, 7) is 4.87. The van der Waals surface area contributed by atoms with Crippen molar-refractivity contribution in [3.05, 3.63) is 46.5 Å². The molecule has 0 unspecified atom stereocenters. The minimum Gasteiger partial charge on any atom is -0.465 e. The third-order valence-corrected chi connectivity index (χ3v) is 4.56. The molecule has 1 heterocycles. The van der Waals surface area contributed by atoms with E-state index in [1.54, 1.807) is 18.2 Å². The molecule has 1 N–H and O–H groups in total. The molecule has 2 aromatic carbocycles. The first-order valence-corrected chi connectivity index (χ1v) is 7.82. The Hall–Kier alpha value is -2.83. The van der Waals surface area contributed by atoms with Gasteiger partial charge in [0.25, 0.3) is 5.69 Å². The van der Waals surface area contributed by atoms with Crippen molar-refractivity contribution < 1.29 is 14.8 Å². The molecule has 0 bridgehead atoms. The van der Waals surface area contributed by atoms with Gasteiger partial charge >= 0.3 is 6.09 Å². The first-order chi connectivity index (χ1) is 11.4. The Morgan fingerprint density at radius 3 is 2.25 bits per heavy atom. The highest BCUT2D eigenvalue weighted by Gasteiger charge is 2.33. The highest BCUT2D eigenvalue weighted by Crippen LogP contribution is 2.35. The molecule has 2 aromatic rings. The first-order valence-electron chi connectivity index (χ1n) is 7.82. The lowest BCUT2D eigenvalue weighted by atomic mass is 10.0. The summed E-state index contributed by atoms with van der Waals surface area (Å²) in [5.41, 5.74) is 0.986. The second-order valence-electron chi connectivity index (χ2n) is 6.20. The van der Waals surface area contributed by atoms with Gasteiger partial charge in [-0.05, 0) is 26.0 Å². The molecule has 2 atom stereocenters. The van der Waals surface area contributed by atoms with Crippen molar-refractivity contribution in [1.29, 1.82) is 0 Å². The third-order valence-electron chi connectivity index (χ3n) is 4.56. The fourth-order valence-electron chi connectivity index (χ4n) is 3.60. The van der Waals surface area contributed by atoms with Gasteiger partial charge in [0.15, 0.2) is 0 Å². The van der Waals surface area contributed by atoms with Crippen LogP contribution in [0.25, 0.3) is 10.8 Å². The molecular weight excluding hydrogens is 310 g/mol. The van der Waals surface area contributed by atoms with E-state index >= 15 is 0 Å². The second kappa shape index (κ2) is 5.99. The van der Waals surface area contributed by atoms with Gasteiger partial charge in [0.05, 0.1) is 22.4 Å². The zero-order chi connectivity index (χ0) is 17.4. The second-order valence-corrected chi connectivity index (χ2v) is 6.20. The highest BCUT2D eigenvalue weighted by molar-refractivity contribution is 6.00. The average Bonchev–Trinajstić information content (AvgIpc) is 2.52. The maximum atomic E-state index is 11.4. The number of nitro groups is 1. The number of hydrogen-bond acceptors (Lipinski definition) is 4. The summed E-state index contributed by atoms with van der Waals surface area (Å²) in [6, 6.07) is 10.2. The van der Waals surface area contributed by atoms with Crippen LogP contribution in [-0.2, 0) is 0 Å². The number of benzene rings is 2. The molecule has 0 saturated carbocycles. The van der Waals surface area contributed by atoms with Crippen LogP contribution in [0.4, 0.5) is 16.2 Å². The molecule has 1 aliphatic rings. The molecule has 126 valence electrons. The van der Waals surface area contributed by atoms with Crippen LogP contribution in [0.1, 0.15) is 13.8 Å². The molecule has 0 spiro atoms. The predicted molar refractivity (Wildman–Crippen MR) is 91.6 cm³/mol. The van der Waals surface area contributed by atoms with E-state index in [2.05, 4.69) is 4.90 Å². The minimum atomic E-state index is -0.914. The monoisotopic (exact) mass is 329 g/mol. The normalized spacial score (nSPS) is 21.1. The molecular formula is C17H19N3O4. The zero-order valence-electron chi connectivity index (χ0n) is 13.5. The number of carbonyl (C=O) groups is 1. The topological polar surface area (TPSA) is 86.9 Å². The smallest absolute Gasteiger partial charge is 0.407 e. The molecule has 24 heavy (non-hydrogen) atoms. The maximum Gasteiger partial charge on any atom is 0.407 e.